The van der Waals surface area contributed by atoms with Crippen LogP contribution in [0.4, 0.5) is 14.9 Å². The van der Waals surface area contributed by atoms with Gasteiger partial charge in [0.25, 0.3) is 5.91 Å². The molecule has 1 aromatic heterocycles. The molecule has 0 spiro atoms. The Morgan fingerprint density at radius 3 is 3.03 bits per heavy atom. The monoisotopic (exact) mass is 419 g/mol. The normalized spacial score (nSPS) is 18.5. The van der Waals surface area contributed by atoms with Gasteiger partial charge >= 0.3 is 6.03 Å². The topological polar surface area (TPSA) is 79.3 Å². The lowest BCUT2D eigenvalue weighted by atomic mass is 10.0. The third-order valence-corrected chi connectivity index (χ3v) is 5.74. The number of fused-ring (bicyclic) bond motifs is 3. The first-order valence-electron chi connectivity index (χ1n) is 9.84. The van der Waals surface area contributed by atoms with Crippen molar-refractivity contribution in [3.05, 3.63) is 46.0 Å². The first kappa shape index (κ1) is 19.7. The standard InChI is InChI=1S/C20H23ClFN5O2/c1-2-3-12-9-23-19(28)18-14-11-26(7-6-17(14)25-27(18)10-12)20(29)24-13-4-5-16(22)15(21)8-13/h4-5,8,12H,2-3,6-7,9-11H2,1H3,(H,23,28)(H,24,29). The first-order chi connectivity index (χ1) is 14.0. The Balaban J connectivity index is 1.53. The molecule has 9 heteroatoms. The Kier molecular flexibility index (Phi) is 5.45. The lowest BCUT2D eigenvalue weighted by Gasteiger charge is -2.27. The minimum absolute atomic E-state index is 0.0519. The van der Waals surface area contributed by atoms with Crippen LogP contribution in [0.2, 0.25) is 5.02 Å². The zero-order chi connectivity index (χ0) is 20.5. The van der Waals surface area contributed by atoms with E-state index >= 15 is 0 Å². The van der Waals surface area contributed by atoms with Crippen molar-refractivity contribution in [3.8, 4) is 0 Å². The number of carbonyl (C=O) groups excluding carboxylic acids is 2. The lowest BCUT2D eigenvalue weighted by Crippen LogP contribution is -2.39. The fourth-order valence-corrected chi connectivity index (χ4v) is 4.17. The number of carbonyl (C=O) groups is 2. The van der Waals surface area contributed by atoms with Crippen LogP contribution in [-0.4, -0.2) is 39.7 Å². The Hall–Kier alpha value is -2.61. The number of benzene rings is 1. The zero-order valence-electron chi connectivity index (χ0n) is 16.2. The summed E-state index contributed by atoms with van der Waals surface area (Å²) < 4.78 is 15.1. The van der Waals surface area contributed by atoms with Crippen molar-refractivity contribution >= 4 is 29.2 Å². The molecule has 0 saturated carbocycles. The number of halogens is 2. The van der Waals surface area contributed by atoms with E-state index in [9.17, 15) is 14.0 Å². The van der Waals surface area contributed by atoms with E-state index in [1.165, 1.54) is 18.2 Å². The maximum Gasteiger partial charge on any atom is 0.322 e. The maximum atomic E-state index is 13.3. The second-order valence-electron chi connectivity index (χ2n) is 7.55. The van der Waals surface area contributed by atoms with E-state index in [0.29, 0.717) is 49.9 Å². The molecule has 4 rings (SSSR count). The van der Waals surface area contributed by atoms with Gasteiger partial charge in [-0.05, 0) is 30.5 Å². The molecule has 154 valence electrons. The number of rotatable bonds is 3. The number of aromatic nitrogens is 2. The van der Waals surface area contributed by atoms with E-state index in [-0.39, 0.29) is 17.0 Å². The zero-order valence-corrected chi connectivity index (χ0v) is 16.9. The Labute approximate surface area is 173 Å². The van der Waals surface area contributed by atoms with Crippen LogP contribution in [0.5, 0.6) is 0 Å². The highest BCUT2D eigenvalue weighted by Gasteiger charge is 2.32. The molecule has 0 aliphatic carbocycles. The van der Waals surface area contributed by atoms with Gasteiger partial charge in [-0.3, -0.25) is 9.48 Å². The van der Waals surface area contributed by atoms with Crippen LogP contribution in [0.1, 0.15) is 41.5 Å². The summed E-state index contributed by atoms with van der Waals surface area (Å²) in [4.78, 5) is 27.0. The highest BCUT2D eigenvalue weighted by Crippen LogP contribution is 2.26. The molecule has 0 bridgehead atoms. The average molecular weight is 420 g/mol. The van der Waals surface area contributed by atoms with Gasteiger partial charge in [0.1, 0.15) is 11.5 Å². The van der Waals surface area contributed by atoms with Crippen molar-refractivity contribution in [2.75, 3.05) is 18.4 Å². The molecule has 3 heterocycles. The first-order valence-corrected chi connectivity index (χ1v) is 10.2. The minimum Gasteiger partial charge on any atom is -0.350 e. The number of urea groups is 1. The van der Waals surface area contributed by atoms with Gasteiger partial charge in [0.05, 0.1) is 17.3 Å². The molecule has 29 heavy (non-hydrogen) atoms. The van der Waals surface area contributed by atoms with E-state index in [0.717, 1.165) is 24.1 Å². The van der Waals surface area contributed by atoms with Crippen molar-refractivity contribution in [1.82, 2.24) is 20.0 Å². The predicted octanol–water partition coefficient (Wildman–Crippen LogP) is 3.43. The third kappa shape index (κ3) is 3.94. The number of nitrogens with one attached hydrogen (secondary N) is 2. The molecular weight excluding hydrogens is 397 g/mol. The van der Waals surface area contributed by atoms with Gasteiger partial charge in [-0.2, -0.15) is 5.10 Å². The summed E-state index contributed by atoms with van der Waals surface area (Å²) in [5.74, 6) is -0.318. The molecule has 0 radical (unpaired) electrons. The second kappa shape index (κ2) is 8.02. The van der Waals surface area contributed by atoms with Gasteiger partial charge in [0, 0.05) is 37.3 Å². The highest BCUT2D eigenvalue weighted by molar-refractivity contribution is 6.31. The summed E-state index contributed by atoms with van der Waals surface area (Å²) in [6.45, 7) is 4.27. The largest absolute Gasteiger partial charge is 0.350 e. The van der Waals surface area contributed by atoms with Gasteiger partial charge in [-0.1, -0.05) is 24.9 Å². The van der Waals surface area contributed by atoms with Gasteiger partial charge in [0.2, 0.25) is 0 Å². The van der Waals surface area contributed by atoms with Crippen LogP contribution in [0.15, 0.2) is 18.2 Å². The van der Waals surface area contributed by atoms with Crippen LogP contribution in [0.3, 0.4) is 0 Å². The molecule has 0 fully saturated rings. The number of hydrogen-bond donors (Lipinski definition) is 2. The molecule has 1 unspecified atom stereocenters. The van der Waals surface area contributed by atoms with Crippen molar-refractivity contribution in [2.24, 2.45) is 5.92 Å². The van der Waals surface area contributed by atoms with Crippen molar-refractivity contribution in [2.45, 2.75) is 39.3 Å². The molecule has 7 nitrogen and oxygen atoms in total. The Morgan fingerprint density at radius 2 is 2.28 bits per heavy atom. The fraction of sp³-hybridized carbons (Fsp3) is 0.450. The molecule has 1 aromatic carbocycles. The summed E-state index contributed by atoms with van der Waals surface area (Å²) in [5, 5.41) is 10.4. The molecule has 2 aliphatic heterocycles. The van der Waals surface area contributed by atoms with E-state index in [2.05, 4.69) is 22.7 Å². The number of nitrogens with zero attached hydrogens (tertiary/aromatic N) is 3. The highest BCUT2D eigenvalue weighted by atomic mass is 35.5. The lowest BCUT2D eigenvalue weighted by molar-refractivity contribution is 0.0945. The molecule has 2 aromatic rings. The van der Waals surface area contributed by atoms with E-state index in [4.69, 9.17) is 11.6 Å². The minimum atomic E-state index is -0.540. The predicted molar refractivity (Wildman–Crippen MR) is 108 cm³/mol. The summed E-state index contributed by atoms with van der Waals surface area (Å²) in [5.41, 5.74) is 2.65. The molecule has 1 atom stereocenters. The maximum absolute atomic E-state index is 13.3. The molecule has 2 aliphatic rings. The van der Waals surface area contributed by atoms with E-state index in [1.54, 1.807) is 4.90 Å². The van der Waals surface area contributed by atoms with Crippen LogP contribution in [-0.2, 0) is 19.5 Å². The van der Waals surface area contributed by atoms with Crippen LogP contribution < -0.4 is 10.6 Å². The SMILES string of the molecule is CCCC1CNC(=O)c2c3c(nn2C1)CCN(C(=O)Nc1ccc(F)c(Cl)c1)C3. The van der Waals surface area contributed by atoms with E-state index in [1.807, 2.05) is 4.68 Å². The molecule has 3 amide bonds. The molecular formula is C20H23ClFN5O2. The van der Waals surface area contributed by atoms with Crippen LogP contribution >= 0.6 is 11.6 Å². The third-order valence-electron chi connectivity index (χ3n) is 5.45. The van der Waals surface area contributed by atoms with Gasteiger partial charge in [-0.25, -0.2) is 9.18 Å². The Morgan fingerprint density at radius 1 is 1.45 bits per heavy atom. The van der Waals surface area contributed by atoms with Gasteiger partial charge in [0.15, 0.2) is 0 Å². The van der Waals surface area contributed by atoms with Gasteiger partial charge in [-0.15, -0.1) is 0 Å². The Bertz CT molecular complexity index is 961. The summed E-state index contributed by atoms with van der Waals surface area (Å²) in [6, 6.07) is 3.72. The summed E-state index contributed by atoms with van der Waals surface area (Å²) in [7, 11) is 0. The molecule has 2 N–H and O–H groups in total. The summed E-state index contributed by atoms with van der Waals surface area (Å²) >= 11 is 5.79. The molecule has 0 saturated heterocycles. The average Bonchev–Trinajstić information content (AvgIpc) is 2.98. The van der Waals surface area contributed by atoms with Crippen molar-refractivity contribution in [1.29, 1.82) is 0 Å². The number of hydrogen-bond acceptors (Lipinski definition) is 3. The van der Waals surface area contributed by atoms with Crippen LogP contribution in [0.25, 0.3) is 0 Å². The number of amides is 3. The second-order valence-corrected chi connectivity index (χ2v) is 7.96. The van der Waals surface area contributed by atoms with Gasteiger partial charge < -0.3 is 15.5 Å². The summed E-state index contributed by atoms with van der Waals surface area (Å²) in [6.07, 6.45) is 2.66. The van der Waals surface area contributed by atoms with Crippen LogP contribution in [0, 0.1) is 11.7 Å². The van der Waals surface area contributed by atoms with E-state index < -0.39 is 5.82 Å². The quantitative estimate of drug-likeness (QED) is 0.800. The van der Waals surface area contributed by atoms with Crippen molar-refractivity contribution < 1.29 is 14.0 Å². The number of anilines is 1. The van der Waals surface area contributed by atoms with Crippen molar-refractivity contribution in [3.63, 3.8) is 0 Å². The fourth-order valence-electron chi connectivity index (χ4n) is 3.99. The smallest absolute Gasteiger partial charge is 0.322 e.